The highest BCUT2D eigenvalue weighted by molar-refractivity contribution is 5.92. The molecule has 0 aliphatic heterocycles. The third-order valence-corrected chi connectivity index (χ3v) is 3.22. The zero-order valence-corrected chi connectivity index (χ0v) is 11.9. The molecule has 0 unspecified atom stereocenters. The van der Waals surface area contributed by atoms with Crippen molar-refractivity contribution in [2.45, 2.75) is 13.5 Å². The quantitative estimate of drug-likeness (QED) is 0.694. The maximum absolute atomic E-state index is 13.9. The minimum Gasteiger partial charge on any atom is -0.494 e. The molecule has 2 aromatic carbocycles. The lowest BCUT2D eigenvalue weighted by atomic mass is 10.1. The molecule has 0 spiro atoms. The number of nitrogens with two attached hydrogens (primary N) is 1. The van der Waals surface area contributed by atoms with Gasteiger partial charge >= 0.3 is 5.97 Å². The Morgan fingerprint density at radius 1 is 1.24 bits per heavy atom. The first-order chi connectivity index (χ1) is 10.0. The summed E-state index contributed by atoms with van der Waals surface area (Å²) in [5, 5.41) is 0. The van der Waals surface area contributed by atoms with E-state index in [2.05, 4.69) is 0 Å². The molecule has 2 rings (SSSR count). The predicted octanol–water partition coefficient (Wildman–Crippen LogP) is 3.08. The fraction of sp³-hybridized carbons (Fsp3) is 0.188. The summed E-state index contributed by atoms with van der Waals surface area (Å²) in [6, 6.07) is 9.67. The molecule has 5 heteroatoms. The monoisotopic (exact) mass is 289 g/mol. The fourth-order valence-corrected chi connectivity index (χ4v) is 1.92. The van der Waals surface area contributed by atoms with Gasteiger partial charge in [0.15, 0.2) is 11.6 Å². The summed E-state index contributed by atoms with van der Waals surface area (Å²) in [7, 11) is 1.38. The summed E-state index contributed by atoms with van der Waals surface area (Å²) in [5.74, 6) is -0.956. The second kappa shape index (κ2) is 6.26. The Morgan fingerprint density at radius 2 is 1.95 bits per heavy atom. The summed E-state index contributed by atoms with van der Waals surface area (Å²) in [6.07, 6.45) is 0. The topological polar surface area (TPSA) is 61.5 Å². The highest BCUT2D eigenvalue weighted by Gasteiger charge is 2.14. The maximum Gasteiger partial charge on any atom is 0.338 e. The van der Waals surface area contributed by atoms with E-state index in [0.29, 0.717) is 16.8 Å². The summed E-state index contributed by atoms with van der Waals surface area (Å²) >= 11 is 0. The molecule has 2 N–H and O–H groups in total. The second-order valence-electron chi connectivity index (χ2n) is 4.53. The van der Waals surface area contributed by atoms with Crippen molar-refractivity contribution in [1.82, 2.24) is 0 Å². The number of anilines is 1. The number of ether oxygens (including phenoxy) is 2. The van der Waals surface area contributed by atoms with E-state index >= 15 is 0 Å². The van der Waals surface area contributed by atoms with Crippen LogP contribution in [0.25, 0.3) is 0 Å². The van der Waals surface area contributed by atoms with Crippen LogP contribution in [-0.4, -0.2) is 13.1 Å². The molecule has 4 nitrogen and oxygen atoms in total. The van der Waals surface area contributed by atoms with E-state index in [-0.39, 0.29) is 17.9 Å². The first-order valence-corrected chi connectivity index (χ1v) is 6.38. The van der Waals surface area contributed by atoms with Crippen LogP contribution in [0.15, 0.2) is 36.4 Å². The molecule has 0 aliphatic rings. The van der Waals surface area contributed by atoms with Crippen LogP contribution in [0.5, 0.6) is 5.75 Å². The van der Waals surface area contributed by atoms with Crippen molar-refractivity contribution in [3.8, 4) is 5.75 Å². The van der Waals surface area contributed by atoms with Gasteiger partial charge in [-0.1, -0.05) is 18.2 Å². The Labute approximate surface area is 122 Å². The van der Waals surface area contributed by atoms with Crippen molar-refractivity contribution < 1.29 is 18.7 Å². The Hall–Kier alpha value is -2.56. The van der Waals surface area contributed by atoms with Crippen molar-refractivity contribution >= 4 is 11.7 Å². The number of benzene rings is 2. The van der Waals surface area contributed by atoms with Crippen LogP contribution in [0.1, 0.15) is 21.5 Å². The van der Waals surface area contributed by atoms with Gasteiger partial charge in [0.05, 0.1) is 12.7 Å². The molecule has 0 aromatic heterocycles. The Morgan fingerprint density at radius 3 is 2.67 bits per heavy atom. The van der Waals surface area contributed by atoms with Gasteiger partial charge in [0.25, 0.3) is 0 Å². The zero-order chi connectivity index (χ0) is 15.4. The molecule has 0 heterocycles. The lowest BCUT2D eigenvalue weighted by Crippen LogP contribution is -2.09. The first-order valence-electron chi connectivity index (χ1n) is 6.38. The molecule has 0 saturated carbocycles. The molecule has 0 fully saturated rings. The van der Waals surface area contributed by atoms with Gasteiger partial charge in [-0.2, -0.15) is 0 Å². The normalized spacial score (nSPS) is 10.2. The van der Waals surface area contributed by atoms with E-state index in [9.17, 15) is 9.18 Å². The molecular formula is C16H16FNO3. The Bertz CT molecular complexity index is 671. The van der Waals surface area contributed by atoms with Gasteiger partial charge in [-0.25, -0.2) is 9.18 Å². The SMILES string of the molecule is COc1cccc(COC(=O)c2cccc(N)c2C)c1F. The summed E-state index contributed by atoms with van der Waals surface area (Å²) in [6.45, 7) is 1.56. The van der Waals surface area contributed by atoms with Gasteiger partial charge in [0.2, 0.25) is 0 Å². The highest BCUT2D eigenvalue weighted by atomic mass is 19.1. The number of hydrogen-bond donors (Lipinski definition) is 1. The minimum atomic E-state index is -0.540. The predicted molar refractivity (Wildman–Crippen MR) is 77.7 cm³/mol. The van der Waals surface area contributed by atoms with Crippen molar-refractivity contribution in [1.29, 1.82) is 0 Å². The smallest absolute Gasteiger partial charge is 0.338 e. The number of esters is 1. The standard InChI is InChI=1S/C16H16FNO3/c1-10-12(6-4-7-13(10)18)16(19)21-9-11-5-3-8-14(20-2)15(11)17/h3-8H,9,18H2,1-2H3. The van der Waals surface area contributed by atoms with Crippen LogP contribution < -0.4 is 10.5 Å². The van der Waals surface area contributed by atoms with E-state index in [1.807, 2.05) is 0 Å². The first kappa shape index (κ1) is 14.8. The third kappa shape index (κ3) is 3.13. The van der Waals surface area contributed by atoms with Crippen LogP contribution in [-0.2, 0) is 11.3 Å². The van der Waals surface area contributed by atoms with Crippen LogP contribution in [0.2, 0.25) is 0 Å². The lowest BCUT2D eigenvalue weighted by molar-refractivity contribution is 0.0467. The Kier molecular flexibility index (Phi) is 4.42. The largest absolute Gasteiger partial charge is 0.494 e. The average molecular weight is 289 g/mol. The van der Waals surface area contributed by atoms with E-state index in [1.54, 1.807) is 31.2 Å². The maximum atomic E-state index is 13.9. The minimum absolute atomic E-state index is 0.115. The molecule has 21 heavy (non-hydrogen) atoms. The molecule has 0 radical (unpaired) electrons. The van der Waals surface area contributed by atoms with Gasteiger partial charge in [-0.3, -0.25) is 0 Å². The van der Waals surface area contributed by atoms with Crippen molar-refractivity contribution in [3.63, 3.8) is 0 Å². The zero-order valence-electron chi connectivity index (χ0n) is 11.9. The molecule has 0 atom stereocenters. The number of rotatable bonds is 4. The third-order valence-electron chi connectivity index (χ3n) is 3.22. The molecule has 0 aliphatic carbocycles. The van der Waals surface area contributed by atoms with Gasteiger partial charge in [0.1, 0.15) is 6.61 Å². The summed E-state index contributed by atoms with van der Waals surface area (Å²) in [4.78, 5) is 12.0. The second-order valence-corrected chi connectivity index (χ2v) is 4.53. The van der Waals surface area contributed by atoms with E-state index in [4.69, 9.17) is 15.2 Å². The summed E-state index contributed by atoms with van der Waals surface area (Å²) < 4.78 is 24.0. The van der Waals surface area contributed by atoms with Crippen molar-refractivity contribution in [3.05, 3.63) is 58.9 Å². The molecule has 0 amide bonds. The van der Waals surface area contributed by atoms with E-state index in [0.717, 1.165) is 0 Å². The number of halogens is 1. The van der Waals surface area contributed by atoms with Crippen molar-refractivity contribution in [2.75, 3.05) is 12.8 Å². The molecule has 0 bridgehead atoms. The van der Waals surface area contributed by atoms with Crippen LogP contribution in [0.3, 0.4) is 0 Å². The van der Waals surface area contributed by atoms with Crippen LogP contribution >= 0.6 is 0 Å². The number of hydrogen-bond acceptors (Lipinski definition) is 4. The highest BCUT2D eigenvalue weighted by Crippen LogP contribution is 2.22. The molecule has 0 saturated heterocycles. The Balaban J connectivity index is 2.13. The number of carbonyl (C=O) groups excluding carboxylic acids is 1. The molecule has 2 aromatic rings. The van der Waals surface area contributed by atoms with Crippen molar-refractivity contribution in [2.24, 2.45) is 0 Å². The fourth-order valence-electron chi connectivity index (χ4n) is 1.92. The number of methoxy groups -OCH3 is 1. The van der Waals surface area contributed by atoms with E-state index < -0.39 is 11.8 Å². The van der Waals surface area contributed by atoms with Gasteiger partial charge in [-0.05, 0) is 30.7 Å². The average Bonchev–Trinajstić information content (AvgIpc) is 2.48. The molecular weight excluding hydrogens is 273 g/mol. The van der Waals surface area contributed by atoms with Gasteiger partial charge in [0, 0.05) is 11.3 Å². The van der Waals surface area contributed by atoms with Crippen LogP contribution in [0, 0.1) is 12.7 Å². The van der Waals surface area contributed by atoms with Gasteiger partial charge in [-0.15, -0.1) is 0 Å². The van der Waals surface area contributed by atoms with E-state index in [1.165, 1.54) is 19.2 Å². The molecule has 110 valence electrons. The summed E-state index contributed by atoms with van der Waals surface area (Å²) in [5.41, 5.74) is 7.53. The lowest BCUT2D eigenvalue weighted by Gasteiger charge is -2.10. The number of carbonyl (C=O) groups is 1. The van der Waals surface area contributed by atoms with Crippen LogP contribution in [0.4, 0.5) is 10.1 Å². The van der Waals surface area contributed by atoms with Gasteiger partial charge < -0.3 is 15.2 Å². The number of nitrogen functional groups attached to an aromatic ring is 1.